The van der Waals surface area contributed by atoms with Crippen molar-refractivity contribution in [1.82, 2.24) is 9.47 Å². The number of carbonyl (C=O) groups excluding carboxylic acids is 2. The van der Waals surface area contributed by atoms with Gasteiger partial charge in [-0.2, -0.15) is 0 Å². The SMILES string of the molecule is Cn1ccc2c(NC(=O)C3CCN(C(=O)c4cccc5ccccc45)CC3)cccc21. The molecule has 1 aliphatic heterocycles. The van der Waals surface area contributed by atoms with Gasteiger partial charge in [-0.15, -0.1) is 0 Å². The summed E-state index contributed by atoms with van der Waals surface area (Å²) in [6.45, 7) is 1.19. The molecule has 3 aromatic carbocycles. The fourth-order valence-corrected chi connectivity index (χ4v) is 4.57. The molecule has 1 saturated heterocycles. The van der Waals surface area contributed by atoms with Gasteiger partial charge in [0.2, 0.25) is 5.91 Å². The van der Waals surface area contributed by atoms with Gasteiger partial charge >= 0.3 is 0 Å². The molecule has 1 fully saturated rings. The first-order valence-corrected chi connectivity index (χ1v) is 10.7. The van der Waals surface area contributed by atoms with Gasteiger partial charge in [-0.25, -0.2) is 0 Å². The molecular weight excluding hydrogens is 386 g/mol. The predicted molar refractivity (Wildman–Crippen MR) is 124 cm³/mol. The lowest BCUT2D eigenvalue weighted by Gasteiger charge is -2.31. The first-order valence-electron chi connectivity index (χ1n) is 10.7. The van der Waals surface area contributed by atoms with Crippen molar-refractivity contribution in [1.29, 1.82) is 0 Å². The first-order chi connectivity index (χ1) is 15.1. The second-order valence-corrected chi connectivity index (χ2v) is 8.25. The summed E-state index contributed by atoms with van der Waals surface area (Å²) in [6.07, 6.45) is 3.35. The Kier molecular flexibility index (Phi) is 4.94. The molecular formula is C26H25N3O2. The molecule has 0 unspecified atom stereocenters. The summed E-state index contributed by atoms with van der Waals surface area (Å²) in [4.78, 5) is 27.9. The number of nitrogens with zero attached hydrogens (tertiary/aromatic N) is 2. The zero-order chi connectivity index (χ0) is 21.4. The smallest absolute Gasteiger partial charge is 0.254 e. The predicted octanol–water partition coefficient (Wildman–Crippen LogP) is 4.82. The third kappa shape index (κ3) is 3.56. The standard InChI is InChI=1S/C26H25N3O2/c1-28-15-14-22-23(10-5-11-24(22)28)27-25(30)19-12-16-29(17-13-19)26(31)21-9-4-7-18-6-2-3-8-20(18)21/h2-11,14-15,19H,12-13,16-17H2,1H3,(H,27,30). The highest BCUT2D eigenvalue weighted by Gasteiger charge is 2.28. The largest absolute Gasteiger partial charge is 0.350 e. The molecule has 5 heteroatoms. The topological polar surface area (TPSA) is 54.3 Å². The Hall–Kier alpha value is -3.60. The highest BCUT2D eigenvalue weighted by molar-refractivity contribution is 6.07. The van der Waals surface area contributed by atoms with Crippen LogP contribution >= 0.6 is 0 Å². The highest BCUT2D eigenvalue weighted by atomic mass is 16.2. The van der Waals surface area contributed by atoms with Crippen molar-refractivity contribution in [2.45, 2.75) is 12.8 Å². The van der Waals surface area contributed by atoms with Crippen LogP contribution in [-0.2, 0) is 11.8 Å². The molecule has 1 aliphatic rings. The number of piperidine rings is 1. The van der Waals surface area contributed by atoms with Crippen LogP contribution in [0.3, 0.4) is 0 Å². The van der Waals surface area contributed by atoms with Crippen molar-refractivity contribution in [3.63, 3.8) is 0 Å². The van der Waals surface area contributed by atoms with Crippen molar-refractivity contribution in [3.8, 4) is 0 Å². The van der Waals surface area contributed by atoms with Gasteiger partial charge in [0.15, 0.2) is 0 Å². The van der Waals surface area contributed by atoms with Gasteiger partial charge in [-0.05, 0) is 47.9 Å². The van der Waals surface area contributed by atoms with E-state index in [2.05, 4.69) is 5.32 Å². The summed E-state index contributed by atoms with van der Waals surface area (Å²) in [6, 6.07) is 21.8. The monoisotopic (exact) mass is 411 g/mol. The van der Waals surface area contributed by atoms with E-state index >= 15 is 0 Å². The van der Waals surface area contributed by atoms with E-state index in [-0.39, 0.29) is 17.7 Å². The molecule has 1 N–H and O–H groups in total. The molecule has 0 saturated carbocycles. The number of benzene rings is 3. The van der Waals surface area contributed by atoms with Gasteiger partial charge in [-0.1, -0.05) is 42.5 Å². The fourth-order valence-electron chi connectivity index (χ4n) is 4.57. The van der Waals surface area contributed by atoms with Crippen LogP contribution in [0, 0.1) is 5.92 Å². The van der Waals surface area contributed by atoms with Crippen LogP contribution in [-0.4, -0.2) is 34.4 Å². The number of rotatable bonds is 3. The fraction of sp³-hybridized carbons (Fsp3) is 0.231. The van der Waals surface area contributed by atoms with Crippen molar-refractivity contribution in [2.75, 3.05) is 18.4 Å². The van der Waals surface area contributed by atoms with Crippen molar-refractivity contribution in [3.05, 3.63) is 78.5 Å². The number of hydrogen-bond donors (Lipinski definition) is 1. The second-order valence-electron chi connectivity index (χ2n) is 8.25. The lowest BCUT2D eigenvalue weighted by atomic mass is 9.94. The van der Waals surface area contributed by atoms with E-state index in [1.807, 2.05) is 89.4 Å². The Balaban J connectivity index is 1.26. The number of hydrogen-bond acceptors (Lipinski definition) is 2. The molecule has 5 rings (SSSR count). The molecule has 0 radical (unpaired) electrons. The molecule has 0 aliphatic carbocycles. The maximum absolute atomic E-state index is 13.2. The van der Waals surface area contributed by atoms with Crippen LogP contribution in [0.25, 0.3) is 21.7 Å². The highest BCUT2D eigenvalue weighted by Crippen LogP contribution is 2.27. The van der Waals surface area contributed by atoms with E-state index in [1.54, 1.807) is 0 Å². The molecule has 0 atom stereocenters. The summed E-state index contributed by atoms with van der Waals surface area (Å²) >= 11 is 0. The third-order valence-corrected chi connectivity index (χ3v) is 6.36. The van der Waals surface area contributed by atoms with Crippen LogP contribution in [0.1, 0.15) is 23.2 Å². The van der Waals surface area contributed by atoms with E-state index in [4.69, 9.17) is 0 Å². The number of amides is 2. The second kappa shape index (κ2) is 7.91. The van der Waals surface area contributed by atoms with Crippen molar-refractivity contribution in [2.24, 2.45) is 13.0 Å². The van der Waals surface area contributed by atoms with E-state index in [0.29, 0.717) is 25.9 Å². The molecule has 31 heavy (non-hydrogen) atoms. The Labute approximate surface area is 181 Å². The van der Waals surface area contributed by atoms with E-state index in [9.17, 15) is 9.59 Å². The van der Waals surface area contributed by atoms with Gasteiger partial charge in [0.1, 0.15) is 0 Å². The number of carbonyl (C=O) groups is 2. The lowest BCUT2D eigenvalue weighted by Crippen LogP contribution is -2.41. The molecule has 0 bridgehead atoms. The number of aromatic nitrogens is 1. The summed E-state index contributed by atoms with van der Waals surface area (Å²) < 4.78 is 2.04. The Morgan fingerprint density at radius 2 is 1.61 bits per heavy atom. The van der Waals surface area contributed by atoms with Crippen LogP contribution in [0.2, 0.25) is 0 Å². The molecule has 2 amide bonds. The average molecular weight is 412 g/mol. The molecule has 1 aromatic heterocycles. The van der Waals surface area contributed by atoms with Gasteiger partial charge in [-0.3, -0.25) is 9.59 Å². The average Bonchev–Trinajstić information content (AvgIpc) is 3.20. The van der Waals surface area contributed by atoms with Crippen LogP contribution in [0.15, 0.2) is 72.9 Å². The van der Waals surface area contributed by atoms with E-state index < -0.39 is 0 Å². The van der Waals surface area contributed by atoms with Crippen molar-refractivity contribution >= 4 is 39.2 Å². The first kappa shape index (κ1) is 19.4. The summed E-state index contributed by atoms with van der Waals surface area (Å²) in [7, 11) is 2.00. The Morgan fingerprint density at radius 1 is 0.871 bits per heavy atom. The summed E-state index contributed by atoms with van der Waals surface area (Å²) in [5.74, 6) is -0.00568. The number of anilines is 1. The summed E-state index contributed by atoms with van der Waals surface area (Å²) in [5.41, 5.74) is 2.67. The minimum Gasteiger partial charge on any atom is -0.350 e. The lowest BCUT2D eigenvalue weighted by molar-refractivity contribution is -0.121. The maximum Gasteiger partial charge on any atom is 0.254 e. The normalized spacial score (nSPS) is 14.8. The number of aryl methyl sites for hydroxylation is 1. The molecule has 0 spiro atoms. The van der Waals surface area contributed by atoms with Crippen molar-refractivity contribution < 1.29 is 9.59 Å². The maximum atomic E-state index is 13.2. The van der Waals surface area contributed by atoms with Gasteiger partial charge in [0.25, 0.3) is 5.91 Å². The molecule has 4 aromatic rings. The molecule has 5 nitrogen and oxygen atoms in total. The minimum absolute atomic E-state index is 0.0358. The van der Waals surface area contributed by atoms with Crippen LogP contribution < -0.4 is 5.32 Å². The van der Waals surface area contributed by atoms with E-state index in [1.165, 1.54) is 0 Å². The van der Waals surface area contributed by atoms with Gasteiger partial charge < -0.3 is 14.8 Å². The van der Waals surface area contributed by atoms with E-state index in [0.717, 1.165) is 32.9 Å². The zero-order valence-corrected chi connectivity index (χ0v) is 17.5. The number of likely N-dealkylation sites (tertiary alicyclic amines) is 1. The van der Waals surface area contributed by atoms with Gasteiger partial charge in [0, 0.05) is 48.7 Å². The third-order valence-electron chi connectivity index (χ3n) is 6.36. The van der Waals surface area contributed by atoms with Crippen LogP contribution in [0.4, 0.5) is 5.69 Å². The number of fused-ring (bicyclic) bond motifs is 2. The van der Waals surface area contributed by atoms with Gasteiger partial charge in [0.05, 0.1) is 5.69 Å². The quantitative estimate of drug-likeness (QED) is 0.525. The molecule has 156 valence electrons. The zero-order valence-electron chi connectivity index (χ0n) is 17.5. The van der Waals surface area contributed by atoms with Crippen LogP contribution in [0.5, 0.6) is 0 Å². The summed E-state index contributed by atoms with van der Waals surface area (Å²) in [5, 5.41) is 6.20. The Bertz CT molecular complexity index is 1280. The number of nitrogens with one attached hydrogen (secondary N) is 1. The Morgan fingerprint density at radius 3 is 2.45 bits per heavy atom. The molecule has 2 heterocycles. The minimum atomic E-state index is -0.0875.